The van der Waals surface area contributed by atoms with Crippen molar-refractivity contribution in [3.05, 3.63) is 59.7 Å². The van der Waals surface area contributed by atoms with Crippen LogP contribution in [-0.4, -0.2) is 17.4 Å². The van der Waals surface area contributed by atoms with Gasteiger partial charge in [0.2, 0.25) is 0 Å². The molecule has 4 heteroatoms. The van der Waals surface area contributed by atoms with Crippen molar-refractivity contribution in [1.29, 1.82) is 0 Å². The van der Waals surface area contributed by atoms with Crippen LogP contribution < -0.4 is 5.32 Å². The molecule has 0 aliphatic heterocycles. The Balaban J connectivity index is 2.06. The molecule has 100 valence electrons. The summed E-state index contributed by atoms with van der Waals surface area (Å²) in [6, 6.07) is 10.1. The fourth-order valence-electron chi connectivity index (χ4n) is 1.97. The molecule has 0 bridgehead atoms. The molecule has 1 amide bonds. The molecule has 0 aliphatic carbocycles. The van der Waals surface area contributed by atoms with Gasteiger partial charge in [-0.25, -0.2) is 4.39 Å². The zero-order chi connectivity index (χ0) is 13.9. The number of aromatic nitrogens is 1. The molecule has 1 heterocycles. The number of H-pyrrole nitrogens is 1. The summed E-state index contributed by atoms with van der Waals surface area (Å²) in [5.41, 5.74) is 0.638. The van der Waals surface area contributed by atoms with Gasteiger partial charge in [0, 0.05) is 18.2 Å². The smallest absolute Gasteiger partial charge is 0.267 e. The molecule has 3 nitrogen and oxygen atoms in total. The first kappa shape index (κ1) is 13.3. The summed E-state index contributed by atoms with van der Waals surface area (Å²) in [5.74, 6) is -0.434. The average Bonchev–Trinajstić information content (AvgIpc) is 2.90. The number of nitrogens with one attached hydrogen (secondary N) is 2. The lowest BCUT2D eigenvalue weighted by molar-refractivity contribution is 0.0941. The largest absolute Gasteiger partial charge is 0.357 e. The molecule has 0 saturated heterocycles. The molecule has 0 saturated carbocycles. The van der Waals surface area contributed by atoms with E-state index in [1.54, 1.807) is 36.5 Å². The topological polar surface area (TPSA) is 44.9 Å². The summed E-state index contributed by atoms with van der Waals surface area (Å²) in [6.07, 6.45) is 1.69. The van der Waals surface area contributed by atoms with Crippen LogP contribution in [0.1, 0.15) is 29.9 Å². The number of carbonyl (C=O) groups excluding carboxylic acids is 1. The van der Waals surface area contributed by atoms with E-state index < -0.39 is 5.41 Å². The lowest BCUT2D eigenvalue weighted by Gasteiger charge is -2.26. The summed E-state index contributed by atoms with van der Waals surface area (Å²) in [7, 11) is 0. The molecule has 2 N–H and O–H groups in total. The van der Waals surface area contributed by atoms with E-state index in [-0.39, 0.29) is 11.7 Å². The summed E-state index contributed by atoms with van der Waals surface area (Å²) in [6.45, 7) is 4.17. The van der Waals surface area contributed by atoms with Gasteiger partial charge in [0.1, 0.15) is 11.5 Å². The Morgan fingerprint density at radius 3 is 2.63 bits per heavy atom. The maximum atomic E-state index is 13.8. The second-order valence-corrected chi connectivity index (χ2v) is 5.13. The highest BCUT2D eigenvalue weighted by molar-refractivity contribution is 5.92. The number of benzene rings is 1. The van der Waals surface area contributed by atoms with Crippen molar-refractivity contribution < 1.29 is 9.18 Å². The minimum Gasteiger partial charge on any atom is -0.357 e. The number of amides is 1. The second kappa shape index (κ2) is 5.26. The van der Waals surface area contributed by atoms with Gasteiger partial charge in [-0.05, 0) is 23.8 Å². The third kappa shape index (κ3) is 3.02. The molecule has 0 atom stereocenters. The first-order valence-electron chi connectivity index (χ1n) is 6.17. The Hall–Kier alpha value is -2.10. The van der Waals surface area contributed by atoms with Gasteiger partial charge < -0.3 is 10.3 Å². The molecule has 0 unspecified atom stereocenters. The summed E-state index contributed by atoms with van der Waals surface area (Å²) >= 11 is 0. The zero-order valence-corrected chi connectivity index (χ0v) is 11.0. The van der Waals surface area contributed by atoms with Crippen LogP contribution in [0.2, 0.25) is 0 Å². The first-order valence-corrected chi connectivity index (χ1v) is 6.17. The van der Waals surface area contributed by atoms with Gasteiger partial charge in [-0.3, -0.25) is 4.79 Å². The SMILES string of the molecule is CC(C)(CNC(=O)c1ccc[nH]1)c1ccccc1F. The molecular weight excluding hydrogens is 243 g/mol. The second-order valence-electron chi connectivity index (χ2n) is 5.13. The van der Waals surface area contributed by atoms with Crippen LogP contribution in [0.4, 0.5) is 4.39 Å². The van der Waals surface area contributed by atoms with Crippen LogP contribution in [0.3, 0.4) is 0 Å². The molecule has 0 spiro atoms. The molecule has 0 fully saturated rings. The molecule has 1 aromatic heterocycles. The van der Waals surface area contributed by atoms with Gasteiger partial charge in [0.15, 0.2) is 0 Å². The summed E-state index contributed by atoms with van der Waals surface area (Å²) < 4.78 is 13.8. The third-order valence-corrected chi connectivity index (χ3v) is 3.14. The maximum absolute atomic E-state index is 13.8. The van der Waals surface area contributed by atoms with E-state index in [1.807, 2.05) is 13.8 Å². The van der Waals surface area contributed by atoms with E-state index in [0.717, 1.165) is 0 Å². The highest BCUT2D eigenvalue weighted by atomic mass is 19.1. The van der Waals surface area contributed by atoms with Crippen LogP contribution in [0, 0.1) is 5.82 Å². The van der Waals surface area contributed by atoms with E-state index in [4.69, 9.17) is 0 Å². The summed E-state index contributed by atoms with van der Waals surface area (Å²) in [4.78, 5) is 14.7. The predicted molar refractivity (Wildman–Crippen MR) is 72.6 cm³/mol. The van der Waals surface area contributed by atoms with Crippen LogP contribution in [0.15, 0.2) is 42.6 Å². The van der Waals surface area contributed by atoms with Gasteiger partial charge >= 0.3 is 0 Å². The van der Waals surface area contributed by atoms with Gasteiger partial charge in [0.05, 0.1) is 0 Å². The number of aromatic amines is 1. The Morgan fingerprint density at radius 1 is 1.26 bits per heavy atom. The van der Waals surface area contributed by atoms with E-state index >= 15 is 0 Å². The fourth-order valence-corrected chi connectivity index (χ4v) is 1.97. The number of rotatable bonds is 4. The van der Waals surface area contributed by atoms with Crippen LogP contribution in [-0.2, 0) is 5.41 Å². The third-order valence-electron chi connectivity index (χ3n) is 3.14. The number of carbonyl (C=O) groups is 1. The minimum absolute atomic E-state index is 0.186. The van der Waals surface area contributed by atoms with E-state index in [2.05, 4.69) is 10.3 Å². The predicted octanol–water partition coefficient (Wildman–Crippen LogP) is 2.86. The monoisotopic (exact) mass is 260 g/mol. The highest BCUT2D eigenvalue weighted by Crippen LogP contribution is 2.24. The lowest BCUT2D eigenvalue weighted by atomic mass is 9.84. The van der Waals surface area contributed by atoms with Crippen molar-refractivity contribution in [2.75, 3.05) is 6.54 Å². The van der Waals surface area contributed by atoms with Crippen molar-refractivity contribution in [2.45, 2.75) is 19.3 Å². The standard InChI is InChI=1S/C15H17FN2O/c1-15(2,11-6-3-4-7-12(11)16)10-18-14(19)13-8-5-9-17-13/h3-9,17H,10H2,1-2H3,(H,18,19). The molecule has 2 rings (SSSR count). The normalized spacial score (nSPS) is 11.3. The zero-order valence-electron chi connectivity index (χ0n) is 11.0. The maximum Gasteiger partial charge on any atom is 0.267 e. The van der Waals surface area contributed by atoms with E-state index in [0.29, 0.717) is 17.8 Å². The van der Waals surface area contributed by atoms with Crippen molar-refractivity contribution in [3.63, 3.8) is 0 Å². The van der Waals surface area contributed by atoms with Gasteiger partial charge in [-0.2, -0.15) is 0 Å². The number of halogens is 1. The van der Waals surface area contributed by atoms with Crippen molar-refractivity contribution >= 4 is 5.91 Å². The quantitative estimate of drug-likeness (QED) is 0.872. The molecule has 2 aromatic rings. The van der Waals surface area contributed by atoms with Crippen molar-refractivity contribution in [2.24, 2.45) is 0 Å². The Morgan fingerprint density at radius 2 is 2.00 bits per heavy atom. The lowest BCUT2D eigenvalue weighted by Crippen LogP contribution is -2.37. The Labute approximate surface area is 111 Å². The number of hydrogen-bond acceptors (Lipinski definition) is 1. The minimum atomic E-state index is -0.465. The molecule has 1 aromatic carbocycles. The first-order chi connectivity index (χ1) is 9.00. The van der Waals surface area contributed by atoms with Crippen LogP contribution in [0.25, 0.3) is 0 Å². The highest BCUT2D eigenvalue weighted by Gasteiger charge is 2.24. The Kier molecular flexibility index (Phi) is 3.69. The van der Waals surface area contributed by atoms with Gasteiger partial charge in [-0.1, -0.05) is 32.0 Å². The van der Waals surface area contributed by atoms with Crippen LogP contribution in [0.5, 0.6) is 0 Å². The Bertz CT molecular complexity index is 561. The van der Waals surface area contributed by atoms with Gasteiger partial charge in [-0.15, -0.1) is 0 Å². The van der Waals surface area contributed by atoms with Crippen LogP contribution >= 0.6 is 0 Å². The van der Waals surface area contributed by atoms with E-state index in [9.17, 15) is 9.18 Å². The molecule has 0 radical (unpaired) electrons. The molecule has 19 heavy (non-hydrogen) atoms. The molecular formula is C15H17FN2O. The summed E-state index contributed by atoms with van der Waals surface area (Å²) in [5, 5.41) is 2.81. The van der Waals surface area contributed by atoms with Gasteiger partial charge in [0.25, 0.3) is 5.91 Å². The van der Waals surface area contributed by atoms with Crippen molar-refractivity contribution in [3.8, 4) is 0 Å². The fraction of sp³-hybridized carbons (Fsp3) is 0.267. The average molecular weight is 260 g/mol. The van der Waals surface area contributed by atoms with Crippen molar-refractivity contribution in [1.82, 2.24) is 10.3 Å². The molecule has 0 aliphatic rings. The number of hydrogen-bond donors (Lipinski definition) is 2. The van der Waals surface area contributed by atoms with E-state index in [1.165, 1.54) is 6.07 Å².